The van der Waals surface area contributed by atoms with Crippen LogP contribution in [0.1, 0.15) is 0 Å². The molecule has 0 aliphatic carbocycles. The molecular weight excluding hydrogens is 596 g/mol. The van der Waals surface area contributed by atoms with E-state index < -0.39 is 5.51 Å². The second-order valence-corrected chi connectivity index (χ2v) is 12.8. The summed E-state index contributed by atoms with van der Waals surface area (Å²) in [6.07, 6.45) is 0. The maximum absolute atomic E-state index is 14.2. The Morgan fingerprint density at radius 1 is 0.500 bits per heavy atom. The van der Waals surface area contributed by atoms with Gasteiger partial charge in [0.05, 0.1) is 0 Å². The van der Waals surface area contributed by atoms with Crippen LogP contribution in [0.25, 0.3) is 21.5 Å². The van der Waals surface area contributed by atoms with Crippen molar-refractivity contribution in [2.24, 2.45) is 0 Å². The van der Waals surface area contributed by atoms with E-state index in [0.717, 1.165) is 72.1 Å². The number of nitrogens with zero attached hydrogens (tertiary/aromatic N) is 2. The summed E-state index contributed by atoms with van der Waals surface area (Å²) in [6, 6.07) is 48.7. The summed E-state index contributed by atoms with van der Waals surface area (Å²) in [5.41, 5.74) is 4.07. The van der Waals surface area contributed by atoms with E-state index in [1.807, 2.05) is 84.9 Å². The molecule has 0 aromatic heterocycles. The van der Waals surface area contributed by atoms with E-state index in [4.69, 9.17) is 0 Å². The van der Waals surface area contributed by atoms with Crippen molar-refractivity contribution in [1.29, 1.82) is 0 Å². The van der Waals surface area contributed by atoms with Gasteiger partial charge in [-0.3, -0.25) is 0 Å². The van der Waals surface area contributed by atoms with Gasteiger partial charge in [0.15, 0.2) is 0 Å². The predicted molar refractivity (Wildman–Crippen MR) is 187 cm³/mol. The van der Waals surface area contributed by atoms with E-state index in [2.05, 4.69) is 58.3 Å². The number of anilines is 6. The SMILES string of the molecule is FC(F)(F)Sc1cc2c3c(c1)N(c1ccccc1)c1c(ccc4ccccc14)B3c1ccc3ccccc3c1N2c1ccccc1. The molecule has 2 aliphatic rings. The zero-order chi connectivity index (χ0) is 31.0. The molecule has 0 radical (unpaired) electrons. The molecular formula is C39H24BF3N2S. The monoisotopic (exact) mass is 620 g/mol. The van der Waals surface area contributed by atoms with Crippen LogP contribution in [0.4, 0.5) is 47.3 Å². The fourth-order valence-electron chi connectivity index (χ4n) is 7.38. The molecule has 0 fully saturated rings. The smallest absolute Gasteiger partial charge is 0.311 e. The van der Waals surface area contributed by atoms with Crippen molar-refractivity contribution in [2.45, 2.75) is 10.4 Å². The Balaban J connectivity index is 1.47. The van der Waals surface area contributed by atoms with E-state index in [9.17, 15) is 13.2 Å². The Bertz CT molecular complexity index is 2160. The summed E-state index contributed by atoms with van der Waals surface area (Å²) < 4.78 is 42.5. The lowest BCUT2D eigenvalue weighted by atomic mass is 9.33. The van der Waals surface area contributed by atoms with Gasteiger partial charge in [0.2, 0.25) is 0 Å². The van der Waals surface area contributed by atoms with Gasteiger partial charge in [-0.25, -0.2) is 0 Å². The molecule has 0 N–H and O–H groups in total. The Morgan fingerprint density at radius 3 is 1.39 bits per heavy atom. The Hall–Kier alpha value is -5.14. The minimum atomic E-state index is -4.45. The second-order valence-electron chi connectivity index (χ2n) is 11.6. The molecule has 0 saturated heterocycles. The van der Waals surface area contributed by atoms with Crippen LogP contribution in [0, 0.1) is 0 Å². The van der Waals surface area contributed by atoms with Crippen molar-refractivity contribution in [3.05, 3.63) is 146 Å². The predicted octanol–water partition coefficient (Wildman–Crippen LogP) is 9.69. The molecule has 46 heavy (non-hydrogen) atoms. The van der Waals surface area contributed by atoms with Gasteiger partial charge in [0.1, 0.15) is 0 Å². The van der Waals surface area contributed by atoms with Crippen LogP contribution in [-0.4, -0.2) is 12.2 Å². The Labute approximate surface area is 268 Å². The molecule has 0 amide bonds. The number of rotatable bonds is 3. The van der Waals surface area contributed by atoms with Gasteiger partial charge in [-0.1, -0.05) is 109 Å². The molecule has 0 atom stereocenters. The molecule has 9 rings (SSSR count). The largest absolute Gasteiger partial charge is 0.446 e. The summed E-state index contributed by atoms with van der Waals surface area (Å²) in [7, 11) is 0. The molecule has 7 aromatic carbocycles. The summed E-state index contributed by atoms with van der Waals surface area (Å²) in [4.78, 5) is 4.49. The first-order valence-electron chi connectivity index (χ1n) is 15.1. The first-order chi connectivity index (χ1) is 22.5. The fraction of sp³-hybridized carbons (Fsp3) is 0.0256. The number of fused-ring (bicyclic) bond motifs is 8. The van der Waals surface area contributed by atoms with Crippen LogP contribution in [0.3, 0.4) is 0 Å². The summed E-state index contributed by atoms with van der Waals surface area (Å²) in [5.74, 6) is 0. The van der Waals surface area contributed by atoms with Gasteiger partial charge < -0.3 is 9.80 Å². The molecule has 2 nitrogen and oxygen atoms in total. The van der Waals surface area contributed by atoms with E-state index in [0.29, 0.717) is 0 Å². The van der Waals surface area contributed by atoms with Gasteiger partial charge >= 0.3 is 5.51 Å². The van der Waals surface area contributed by atoms with Crippen molar-refractivity contribution in [1.82, 2.24) is 0 Å². The number of hydrogen-bond acceptors (Lipinski definition) is 3. The highest BCUT2D eigenvalue weighted by atomic mass is 32.2. The first-order valence-corrected chi connectivity index (χ1v) is 16.0. The van der Waals surface area contributed by atoms with Crippen molar-refractivity contribution < 1.29 is 13.2 Å². The summed E-state index contributed by atoms with van der Waals surface area (Å²) in [5, 5.41) is 4.26. The quantitative estimate of drug-likeness (QED) is 0.144. The number of benzene rings is 7. The maximum atomic E-state index is 14.2. The molecule has 7 heteroatoms. The minimum absolute atomic E-state index is 0.0606. The molecule has 0 spiro atoms. The van der Waals surface area contributed by atoms with Crippen molar-refractivity contribution in [3.63, 3.8) is 0 Å². The van der Waals surface area contributed by atoms with E-state index in [-0.39, 0.29) is 23.4 Å². The average Bonchev–Trinajstić information content (AvgIpc) is 3.08. The van der Waals surface area contributed by atoms with Crippen molar-refractivity contribution in [3.8, 4) is 0 Å². The molecule has 2 heterocycles. The van der Waals surface area contributed by atoms with E-state index in [1.54, 1.807) is 12.1 Å². The lowest BCUT2D eigenvalue weighted by molar-refractivity contribution is -0.0328. The minimum Gasteiger partial charge on any atom is -0.311 e. The number of para-hydroxylation sites is 2. The van der Waals surface area contributed by atoms with Crippen LogP contribution in [0.2, 0.25) is 0 Å². The molecule has 0 unspecified atom stereocenters. The van der Waals surface area contributed by atoms with Gasteiger partial charge in [-0.15, -0.1) is 0 Å². The van der Waals surface area contributed by atoms with Crippen LogP contribution >= 0.6 is 11.8 Å². The summed E-state index contributed by atoms with van der Waals surface area (Å²) in [6.45, 7) is -0.200. The third-order valence-electron chi connectivity index (χ3n) is 9.08. The Morgan fingerprint density at radius 2 is 0.935 bits per heavy atom. The van der Waals surface area contributed by atoms with Crippen LogP contribution < -0.4 is 26.2 Å². The molecule has 2 aliphatic heterocycles. The molecule has 220 valence electrons. The normalized spacial score (nSPS) is 13.5. The van der Waals surface area contributed by atoms with Gasteiger partial charge in [0, 0.05) is 49.8 Å². The van der Waals surface area contributed by atoms with Crippen LogP contribution in [0.5, 0.6) is 0 Å². The first kappa shape index (κ1) is 27.2. The lowest BCUT2D eigenvalue weighted by Crippen LogP contribution is -2.61. The van der Waals surface area contributed by atoms with Crippen LogP contribution in [-0.2, 0) is 0 Å². The third-order valence-corrected chi connectivity index (χ3v) is 9.78. The van der Waals surface area contributed by atoms with E-state index >= 15 is 0 Å². The molecule has 7 aromatic rings. The van der Waals surface area contributed by atoms with Crippen molar-refractivity contribution >= 4 is 90.5 Å². The number of thioether (sulfide) groups is 1. The number of halogens is 3. The maximum Gasteiger partial charge on any atom is 0.446 e. The van der Waals surface area contributed by atoms with Gasteiger partial charge in [-0.05, 0) is 75.3 Å². The van der Waals surface area contributed by atoms with Crippen molar-refractivity contribution in [2.75, 3.05) is 9.80 Å². The van der Waals surface area contributed by atoms with Gasteiger partial charge in [-0.2, -0.15) is 13.2 Å². The summed E-state index contributed by atoms with van der Waals surface area (Å²) >= 11 is -0.0606. The second kappa shape index (κ2) is 10.2. The zero-order valence-corrected chi connectivity index (χ0v) is 25.2. The topological polar surface area (TPSA) is 6.48 Å². The van der Waals surface area contributed by atoms with Crippen LogP contribution in [0.15, 0.2) is 150 Å². The van der Waals surface area contributed by atoms with Gasteiger partial charge in [0.25, 0.3) is 6.71 Å². The number of alkyl halides is 3. The third kappa shape index (κ3) is 4.15. The Kier molecular flexibility index (Phi) is 6.03. The van der Waals surface area contributed by atoms with E-state index in [1.165, 1.54) is 0 Å². The standard InChI is InChI=1S/C39H24BF3N2S/c41-39(42,43)46-29-23-34-36-35(24-29)45(28-15-5-2-6-16-28)38-31-18-10-8-12-26(31)20-22-33(38)40(36)32-21-19-25-11-7-9-17-30(25)37(32)44(34)27-13-3-1-4-14-27/h1-24H. The molecule has 0 saturated carbocycles. The fourth-order valence-corrected chi connectivity index (χ4v) is 7.98. The highest BCUT2D eigenvalue weighted by molar-refractivity contribution is 8.00. The molecule has 0 bridgehead atoms. The lowest BCUT2D eigenvalue weighted by Gasteiger charge is -2.45. The average molecular weight is 621 g/mol. The zero-order valence-electron chi connectivity index (χ0n) is 24.4. The highest BCUT2D eigenvalue weighted by Gasteiger charge is 2.45. The number of hydrogen-bond donors (Lipinski definition) is 0. The highest BCUT2D eigenvalue weighted by Crippen LogP contribution is 2.50.